The molecule has 0 aliphatic rings. The van der Waals surface area contributed by atoms with Gasteiger partial charge in [-0.3, -0.25) is 0 Å². The van der Waals surface area contributed by atoms with E-state index < -0.39 is 0 Å². The van der Waals surface area contributed by atoms with E-state index >= 15 is 0 Å². The topological polar surface area (TPSA) is 16.4 Å². The third-order valence-corrected chi connectivity index (χ3v) is 2.66. The third kappa shape index (κ3) is 1.66. The van der Waals surface area contributed by atoms with Gasteiger partial charge in [-0.25, -0.2) is 0 Å². The van der Waals surface area contributed by atoms with Crippen LogP contribution in [0.4, 0.5) is 0 Å². The lowest BCUT2D eigenvalue weighted by Gasteiger charge is -2.09. The maximum atomic E-state index is 3.25. The van der Waals surface area contributed by atoms with Gasteiger partial charge in [-0.05, 0) is 38.2 Å². The van der Waals surface area contributed by atoms with Crippen molar-refractivity contribution in [3.8, 4) is 0 Å². The minimum absolute atomic E-state index is 0.522. The second kappa shape index (κ2) is 3.84. The van der Waals surface area contributed by atoms with Crippen LogP contribution in [-0.4, -0.2) is 17.5 Å². The normalized spacial score (nSPS) is 13.3. The highest BCUT2D eigenvalue weighted by Gasteiger charge is 2.04. The maximum absolute atomic E-state index is 3.25. The van der Waals surface area contributed by atoms with Gasteiger partial charge in [0, 0.05) is 29.9 Å². The Morgan fingerprint density at radius 3 is 2.93 bits per heavy atom. The van der Waals surface area contributed by atoms with Crippen molar-refractivity contribution in [3.05, 3.63) is 42.2 Å². The van der Waals surface area contributed by atoms with Crippen molar-refractivity contribution in [2.45, 2.75) is 19.4 Å². The third-order valence-electron chi connectivity index (χ3n) is 2.66. The number of pyridine rings is 1. The zero-order valence-corrected chi connectivity index (χ0v) is 8.70. The van der Waals surface area contributed by atoms with Crippen LogP contribution in [0.2, 0.25) is 0 Å². The molecule has 14 heavy (non-hydrogen) atoms. The lowest BCUT2D eigenvalue weighted by molar-refractivity contribution is 0.598. The Morgan fingerprint density at radius 2 is 2.14 bits per heavy atom. The number of rotatable bonds is 3. The number of nitrogens with zero attached hydrogens (tertiary/aromatic N) is 1. The van der Waals surface area contributed by atoms with Crippen LogP contribution in [0, 0.1) is 0 Å². The van der Waals surface area contributed by atoms with Crippen molar-refractivity contribution in [2.75, 3.05) is 7.05 Å². The molecule has 0 bridgehead atoms. The molecule has 0 aromatic carbocycles. The number of nitrogens with one attached hydrogen (secondary N) is 1. The minimum atomic E-state index is 0.522. The van der Waals surface area contributed by atoms with E-state index in [1.807, 2.05) is 7.05 Å². The van der Waals surface area contributed by atoms with Gasteiger partial charge in [0.15, 0.2) is 0 Å². The highest BCUT2D eigenvalue weighted by molar-refractivity contribution is 5.49. The van der Waals surface area contributed by atoms with Crippen molar-refractivity contribution in [2.24, 2.45) is 0 Å². The molecule has 0 fully saturated rings. The van der Waals surface area contributed by atoms with E-state index in [2.05, 4.69) is 53.2 Å². The summed E-state index contributed by atoms with van der Waals surface area (Å²) in [6, 6.07) is 11.2. The van der Waals surface area contributed by atoms with Crippen molar-refractivity contribution in [3.63, 3.8) is 0 Å². The zero-order chi connectivity index (χ0) is 9.97. The molecule has 0 radical (unpaired) electrons. The first kappa shape index (κ1) is 9.28. The fourth-order valence-corrected chi connectivity index (χ4v) is 1.70. The molecule has 1 atom stereocenters. The molecule has 1 unspecified atom stereocenters. The second-order valence-corrected chi connectivity index (χ2v) is 3.71. The van der Waals surface area contributed by atoms with E-state index in [4.69, 9.17) is 0 Å². The van der Waals surface area contributed by atoms with Gasteiger partial charge in [0.1, 0.15) is 0 Å². The Balaban J connectivity index is 2.33. The molecule has 2 rings (SSSR count). The monoisotopic (exact) mass is 188 g/mol. The Hall–Kier alpha value is -1.28. The van der Waals surface area contributed by atoms with Gasteiger partial charge in [-0.15, -0.1) is 0 Å². The summed E-state index contributed by atoms with van der Waals surface area (Å²) in [6.07, 6.45) is 3.18. The predicted molar refractivity (Wildman–Crippen MR) is 59.6 cm³/mol. The molecular weight excluding hydrogens is 172 g/mol. The largest absolute Gasteiger partial charge is 0.321 e. The smallest absolute Gasteiger partial charge is 0.0452 e. The van der Waals surface area contributed by atoms with Crippen molar-refractivity contribution >= 4 is 5.52 Å². The van der Waals surface area contributed by atoms with E-state index in [0.717, 1.165) is 6.42 Å². The highest BCUT2D eigenvalue weighted by Crippen LogP contribution is 2.11. The van der Waals surface area contributed by atoms with Crippen LogP contribution in [-0.2, 0) is 6.42 Å². The molecule has 2 aromatic heterocycles. The molecule has 0 amide bonds. The van der Waals surface area contributed by atoms with Crippen LogP contribution >= 0.6 is 0 Å². The van der Waals surface area contributed by atoms with Crippen LogP contribution in [0.25, 0.3) is 5.52 Å². The summed E-state index contributed by atoms with van der Waals surface area (Å²) < 4.78 is 2.24. The van der Waals surface area contributed by atoms with E-state index in [1.54, 1.807) is 0 Å². The average molecular weight is 188 g/mol. The van der Waals surface area contributed by atoms with Gasteiger partial charge in [0.05, 0.1) is 0 Å². The molecule has 74 valence electrons. The maximum Gasteiger partial charge on any atom is 0.0452 e. The van der Waals surface area contributed by atoms with Gasteiger partial charge in [-0.1, -0.05) is 6.07 Å². The predicted octanol–water partition coefficient (Wildman–Crippen LogP) is 2.09. The molecule has 2 heterocycles. The Morgan fingerprint density at radius 1 is 1.29 bits per heavy atom. The average Bonchev–Trinajstić information content (AvgIpc) is 2.62. The lowest BCUT2D eigenvalue weighted by atomic mass is 10.2. The molecule has 2 heteroatoms. The molecule has 2 aromatic rings. The van der Waals surface area contributed by atoms with Gasteiger partial charge < -0.3 is 9.72 Å². The molecular formula is C12H16N2. The van der Waals surface area contributed by atoms with Crippen LogP contribution in [0.1, 0.15) is 12.6 Å². The molecule has 0 spiro atoms. The number of hydrogen-bond donors (Lipinski definition) is 1. The standard InChI is InChI=1S/C12H16N2/c1-10(13-2)9-12-7-6-11-5-3-4-8-14(11)12/h3-8,10,13H,9H2,1-2H3. The van der Waals surface area contributed by atoms with Crippen molar-refractivity contribution in [1.82, 2.24) is 9.72 Å². The molecule has 0 saturated heterocycles. The first-order valence-electron chi connectivity index (χ1n) is 5.03. The Labute approximate surface area is 84.6 Å². The number of fused-ring (bicyclic) bond motifs is 1. The minimum Gasteiger partial charge on any atom is -0.321 e. The summed E-state index contributed by atoms with van der Waals surface area (Å²) in [4.78, 5) is 0. The Bertz CT molecular complexity index is 417. The van der Waals surface area contributed by atoms with E-state index in [0.29, 0.717) is 6.04 Å². The zero-order valence-electron chi connectivity index (χ0n) is 8.70. The van der Waals surface area contributed by atoms with Gasteiger partial charge in [0.25, 0.3) is 0 Å². The van der Waals surface area contributed by atoms with E-state index in [1.165, 1.54) is 11.2 Å². The number of hydrogen-bond acceptors (Lipinski definition) is 1. The summed E-state index contributed by atoms with van der Waals surface area (Å²) in [6.45, 7) is 2.20. The molecule has 0 aliphatic heterocycles. The van der Waals surface area contributed by atoms with Gasteiger partial charge in [-0.2, -0.15) is 0 Å². The van der Waals surface area contributed by atoms with Crippen LogP contribution in [0.3, 0.4) is 0 Å². The molecule has 2 nitrogen and oxygen atoms in total. The number of aromatic nitrogens is 1. The Kier molecular flexibility index (Phi) is 2.55. The van der Waals surface area contributed by atoms with Gasteiger partial charge >= 0.3 is 0 Å². The first-order valence-corrected chi connectivity index (χ1v) is 5.03. The highest BCUT2D eigenvalue weighted by atomic mass is 14.9. The summed E-state index contributed by atoms with van der Waals surface area (Å²) in [7, 11) is 2.00. The second-order valence-electron chi connectivity index (χ2n) is 3.71. The van der Waals surface area contributed by atoms with Crippen LogP contribution in [0.15, 0.2) is 36.5 Å². The van der Waals surface area contributed by atoms with Crippen LogP contribution in [0.5, 0.6) is 0 Å². The summed E-state index contributed by atoms with van der Waals surface area (Å²) in [5, 5.41) is 3.25. The molecule has 0 saturated carbocycles. The van der Waals surface area contributed by atoms with Crippen LogP contribution < -0.4 is 5.32 Å². The quantitative estimate of drug-likeness (QED) is 0.780. The number of likely N-dealkylation sites (N-methyl/N-ethyl adjacent to an activating group) is 1. The molecule has 0 aliphatic carbocycles. The van der Waals surface area contributed by atoms with Gasteiger partial charge in [0.2, 0.25) is 0 Å². The summed E-state index contributed by atoms with van der Waals surface area (Å²) >= 11 is 0. The van der Waals surface area contributed by atoms with E-state index in [9.17, 15) is 0 Å². The fraction of sp³-hybridized carbons (Fsp3) is 0.333. The SMILES string of the molecule is CNC(C)Cc1ccc2ccccn12. The summed E-state index contributed by atoms with van der Waals surface area (Å²) in [5.41, 5.74) is 2.63. The summed E-state index contributed by atoms with van der Waals surface area (Å²) in [5.74, 6) is 0. The first-order chi connectivity index (χ1) is 6.81. The lowest BCUT2D eigenvalue weighted by Crippen LogP contribution is -2.24. The fourth-order valence-electron chi connectivity index (χ4n) is 1.70. The van der Waals surface area contributed by atoms with Crippen molar-refractivity contribution < 1.29 is 0 Å². The van der Waals surface area contributed by atoms with Crippen molar-refractivity contribution in [1.29, 1.82) is 0 Å². The van der Waals surface area contributed by atoms with E-state index in [-0.39, 0.29) is 0 Å². The molecule has 1 N–H and O–H groups in total.